The highest BCUT2D eigenvalue weighted by Gasteiger charge is 2.12. The van der Waals surface area contributed by atoms with Crippen LogP contribution >= 0.6 is 0 Å². The zero-order chi connectivity index (χ0) is 10.9. The van der Waals surface area contributed by atoms with Crippen LogP contribution in [0, 0.1) is 0 Å². The Labute approximate surface area is 89.1 Å². The third-order valence-corrected chi connectivity index (χ3v) is 3.20. The first-order chi connectivity index (χ1) is 7.04. The van der Waals surface area contributed by atoms with Gasteiger partial charge in [-0.3, -0.25) is 0 Å². The van der Waals surface area contributed by atoms with E-state index in [4.69, 9.17) is 9.88 Å². The largest absolute Gasteiger partial charge is 0.493 e. The lowest BCUT2D eigenvalue weighted by Gasteiger charge is -2.03. The highest BCUT2D eigenvalue weighted by molar-refractivity contribution is 7.89. The molecule has 0 bridgehead atoms. The van der Waals surface area contributed by atoms with Crippen molar-refractivity contribution in [1.29, 1.82) is 0 Å². The molecule has 0 unspecified atom stereocenters. The minimum Gasteiger partial charge on any atom is -0.493 e. The van der Waals surface area contributed by atoms with Crippen molar-refractivity contribution in [1.82, 2.24) is 0 Å². The molecule has 4 nitrogen and oxygen atoms in total. The number of aryl methyl sites for hydroxylation is 1. The molecule has 2 rings (SSSR count). The van der Waals surface area contributed by atoms with E-state index >= 15 is 0 Å². The number of hydrogen-bond acceptors (Lipinski definition) is 3. The predicted octanol–water partition coefficient (Wildman–Crippen LogP) is 0.453. The lowest BCUT2D eigenvalue weighted by atomic mass is 10.1. The van der Waals surface area contributed by atoms with Crippen LogP contribution in [-0.4, -0.2) is 20.8 Å². The van der Waals surface area contributed by atoms with Crippen LogP contribution in [0.15, 0.2) is 18.2 Å². The Hall–Kier alpha value is -1.07. The number of nitrogens with two attached hydrogens (primary N) is 1. The molecule has 0 saturated heterocycles. The standard InChI is InChI=1S/C10H13NO3S/c11-15(12,13)6-4-8-1-2-10-9(7-8)3-5-14-10/h1-2,7H,3-6H2,(H2,11,12,13). The molecular formula is C10H13NO3S. The van der Waals surface area contributed by atoms with Crippen molar-refractivity contribution >= 4 is 10.0 Å². The van der Waals surface area contributed by atoms with E-state index in [0.29, 0.717) is 13.0 Å². The summed E-state index contributed by atoms with van der Waals surface area (Å²) in [5.74, 6) is 0.904. The van der Waals surface area contributed by atoms with E-state index in [1.54, 1.807) is 0 Å². The summed E-state index contributed by atoms with van der Waals surface area (Å²) < 4.78 is 26.9. The molecule has 0 amide bonds. The Morgan fingerprint density at radius 1 is 1.40 bits per heavy atom. The van der Waals surface area contributed by atoms with E-state index in [9.17, 15) is 8.42 Å². The SMILES string of the molecule is NS(=O)(=O)CCc1ccc2c(c1)CCO2. The van der Waals surface area contributed by atoms with E-state index in [0.717, 1.165) is 23.3 Å². The van der Waals surface area contributed by atoms with Crippen molar-refractivity contribution in [3.05, 3.63) is 29.3 Å². The minimum absolute atomic E-state index is 0.00730. The average molecular weight is 227 g/mol. The predicted molar refractivity (Wildman–Crippen MR) is 57.3 cm³/mol. The van der Waals surface area contributed by atoms with Gasteiger partial charge in [-0.05, 0) is 23.6 Å². The summed E-state index contributed by atoms with van der Waals surface area (Å²) >= 11 is 0. The molecule has 2 N–H and O–H groups in total. The van der Waals surface area contributed by atoms with Gasteiger partial charge in [0.15, 0.2) is 0 Å². The van der Waals surface area contributed by atoms with Gasteiger partial charge in [0.1, 0.15) is 5.75 Å². The van der Waals surface area contributed by atoms with Crippen molar-refractivity contribution in [3.63, 3.8) is 0 Å². The second-order valence-electron chi connectivity index (χ2n) is 3.66. The van der Waals surface area contributed by atoms with Crippen molar-refractivity contribution in [2.24, 2.45) is 5.14 Å². The van der Waals surface area contributed by atoms with Crippen LogP contribution in [0.2, 0.25) is 0 Å². The van der Waals surface area contributed by atoms with E-state index in [2.05, 4.69) is 0 Å². The fourth-order valence-electron chi connectivity index (χ4n) is 1.66. The normalized spacial score (nSPS) is 14.7. The molecule has 0 spiro atoms. The molecule has 1 heterocycles. The lowest BCUT2D eigenvalue weighted by Crippen LogP contribution is -2.17. The lowest BCUT2D eigenvalue weighted by molar-refractivity contribution is 0.357. The van der Waals surface area contributed by atoms with Gasteiger partial charge in [0.05, 0.1) is 12.4 Å². The summed E-state index contributed by atoms with van der Waals surface area (Å²) in [6, 6.07) is 5.77. The van der Waals surface area contributed by atoms with E-state index in [1.165, 1.54) is 0 Å². The molecular weight excluding hydrogens is 214 g/mol. The Morgan fingerprint density at radius 3 is 2.93 bits per heavy atom. The zero-order valence-electron chi connectivity index (χ0n) is 8.27. The molecule has 0 aromatic heterocycles. The summed E-state index contributed by atoms with van der Waals surface area (Å²) in [4.78, 5) is 0. The first kappa shape index (κ1) is 10.4. The summed E-state index contributed by atoms with van der Waals surface area (Å²) in [6.45, 7) is 0.716. The number of ether oxygens (including phenoxy) is 1. The average Bonchev–Trinajstić information content (AvgIpc) is 2.60. The molecule has 82 valence electrons. The Balaban J connectivity index is 2.10. The number of primary sulfonamides is 1. The molecule has 0 saturated carbocycles. The van der Waals surface area contributed by atoms with E-state index in [1.807, 2.05) is 18.2 Å². The molecule has 0 fully saturated rings. The van der Waals surface area contributed by atoms with Crippen LogP contribution in [0.25, 0.3) is 0 Å². The van der Waals surface area contributed by atoms with Crippen LogP contribution in [0.4, 0.5) is 0 Å². The quantitative estimate of drug-likeness (QED) is 0.815. The van der Waals surface area contributed by atoms with Crippen LogP contribution in [-0.2, 0) is 22.9 Å². The molecule has 1 aliphatic heterocycles. The number of benzene rings is 1. The van der Waals surface area contributed by atoms with Gasteiger partial charge in [0.25, 0.3) is 0 Å². The van der Waals surface area contributed by atoms with Crippen LogP contribution in [0.3, 0.4) is 0 Å². The van der Waals surface area contributed by atoms with Crippen molar-refractivity contribution < 1.29 is 13.2 Å². The van der Waals surface area contributed by atoms with Gasteiger partial charge in [-0.2, -0.15) is 0 Å². The molecule has 0 radical (unpaired) electrons. The topological polar surface area (TPSA) is 69.4 Å². The van der Waals surface area contributed by atoms with Gasteiger partial charge < -0.3 is 4.74 Å². The Kier molecular flexibility index (Phi) is 2.67. The van der Waals surface area contributed by atoms with Crippen LogP contribution < -0.4 is 9.88 Å². The van der Waals surface area contributed by atoms with Gasteiger partial charge in [-0.15, -0.1) is 0 Å². The fourth-order valence-corrected chi connectivity index (χ4v) is 2.18. The third kappa shape index (κ3) is 2.70. The second-order valence-corrected chi connectivity index (χ2v) is 5.39. The smallest absolute Gasteiger partial charge is 0.209 e. The van der Waals surface area contributed by atoms with Gasteiger partial charge in [0, 0.05) is 6.42 Å². The second kappa shape index (κ2) is 3.83. The number of fused-ring (bicyclic) bond motifs is 1. The first-order valence-electron chi connectivity index (χ1n) is 4.80. The Morgan fingerprint density at radius 2 is 2.20 bits per heavy atom. The minimum atomic E-state index is -3.37. The van der Waals surface area contributed by atoms with E-state index in [-0.39, 0.29) is 5.75 Å². The van der Waals surface area contributed by atoms with Crippen molar-refractivity contribution in [3.8, 4) is 5.75 Å². The summed E-state index contributed by atoms with van der Waals surface area (Å²) in [5, 5.41) is 4.94. The molecule has 1 aromatic carbocycles. The molecule has 0 aliphatic carbocycles. The first-order valence-corrected chi connectivity index (χ1v) is 6.51. The highest BCUT2D eigenvalue weighted by Crippen LogP contribution is 2.25. The maximum Gasteiger partial charge on any atom is 0.209 e. The number of hydrogen-bond donors (Lipinski definition) is 1. The fraction of sp³-hybridized carbons (Fsp3) is 0.400. The summed E-state index contributed by atoms with van der Waals surface area (Å²) in [7, 11) is -3.37. The molecule has 1 aliphatic rings. The third-order valence-electron chi connectivity index (χ3n) is 2.43. The van der Waals surface area contributed by atoms with Crippen LogP contribution in [0.1, 0.15) is 11.1 Å². The summed E-state index contributed by atoms with van der Waals surface area (Å²) in [6.07, 6.45) is 1.37. The van der Waals surface area contributed by atoms with Crippen molar-refractivity contribution in [2.45, 2.75) is 12.8 Å². The van der Waals surface area contributed by atoms with Crippen molar-refractivity contribution in [2.75, 3.05) is 12.4 Å². The van der Waals surface area contributed by atoms with Gasteiger partial charge in [-0.25, -0.2) is 13.6 Å². The maximum atomic E-state index is 10.8. The molecule has 5 heteroatoms. The Bertz CT molecular complexity index is 468. The van der Waals surface area contributed by atoms with Crippen LogP contribution in [0.5, 0.6) is 5.75 Å². The number of rotatable bonds is 3. The molecule has 1 aromatic rings. The zero-order valence-corrected chi connectivity index (χ0v) is 9.09. The maximum absolute atomic E-state index is 10.8. The molecule has 15 heavy (non-hydrogen) atoms. The van der Waals surface area contributed by atoms with Gasteiger partial charge >= 0.3 is 0 Å². The van der Waals surface area contributed by atoms with Gasteiger partial charge in [0.2, 0.25) is 10.0 Å². The van der Waals surface area contributed by atoms with E-state index < -0.39 is 10.0 Å². The summed E-state index contributed by atoms with van der Waals surface area (Å²) in [5.41, 5.74) is 2.15. The highest BCUT2D eigenvalue weighted by atomic mass is 32.2. The monoisotopic (exact) mass is 227 g/mol. The van der Waals surface area contributed by atoms with Gasteiger partial charge in [-0.1, -0.05) is 12.1 Å². The number of sulfonamides is 1. The molecule has 0 atom stereocenters.